The van der Waals surface area contributed by atoms with Crippen molar-refractivity contribution in [2.24, 2.45) is 0 Å². The Bertz CT molecular complexity index is 1610. The van der Waals surface area contributed by atoms with E-state index in [0.29, 0.717) is 16.6 Å². The third-order valence-corrected chi connectivity index (χ3v) is 5.46. The number of fused-ring (bicyclic) bond motifs is 2. The summed E-state index contributed by atoms with van der Waals surface area (Å²) in [4.78, 5) is 37.1. The van der Waals surface area contributed by atoms with Gasteiger partial charge in [0.05, 0.1) is 11.1 Å². The molecule has 8 nitrogen and oxygen atoms in total. The number of ether oxygens (including phenoxy) is 1. The largest absolute Gasteiger partial charge is 0.573 e. The van der Waals surface area contributed by atoms with Crippen LogP contribution in [0.15, 0.2) is 79.0 Å². The Balaban J connectivity index is 1.28. The van der Waals surface area contributed by atoms with Crippen molar-refractivity contribution < 1.29 is 27.5 Å². The van der Waals surface area contributed by atoms with Gasteiger partial charge in [-0.2, -0.15) is 0 Å². The van der Waals surface area contributed by atoms with E-state index in [1.165, 1.54) is 24.3 Å². The van der Waals surface area contributed by atoms with Gasteiger partial charge in [-0.05, 0) is 41.3 Å². The fourth-order valence-corrected chi connectivity index (χ4v) is 3.74. The van der Waals surface area contributed by atoms with E-state index in [4.69, 9.17) is 0 Å². The number of alkyl halides is 3. The fourth-order valence-electron chi connectivity index (χ4n) is 3.74. The third kappa shape index (κ3) is 5.50. The summed E-state index contributed by atoms with van der Waals surface area (Å²) < 4.78 is 40.8. The van der Waals surface area contributed by atoms with Gasteiger partial charge in [0.1, 0.15) is 17.0 Å². The number of para-hydroxylation sites is 1. The quantitative estimate of drug-likeness (QED) is 0.294. The van der Waals surface area contributed by atoms with E-state index in [-0.39, 0.29) is 29.5 Å². The van der Waals surface area contributed by atoms with E-state index < -0.39 is 18.2 Å². The van der Waals surface area contributed by atoms with E-state index in [9.17, 15) is 22.8 Å². The summed E-state index contributed by atoms with van der Waals surface area (Å²) in [5.41, 5.74) is 1.92. The van der Waals surface area contributed by atoms with Crippen LogP contribution in [0.2, 0.25) is 0 Å². The molecule has 3 N–H and O–H groups in total. The molecular formula is C26H18F3N5O3. The predicted octanol–water partition coefficient (Wildman–Crippen LogP) is 5.19. The number of carbonyl (C=O) groups is 2. The standard InChI is InChI=1S/C26H18F3N5O3/c27-26(28,29)37-18-10-8-15(9-11-18)13-31-23(35)19-6-3-7-20-22(19)33-25(32-20)34-24(36)21-12-16-4-1-2-5-17(16)14-30-21/h1-12,14H,13H2,(H,31,35)(H2,32,33,34,36). The maximum Gasteiger partial charge on any atom is 0.573 e. The lowest BCUT2D eigenvalue weighted by Gasteiger charge is -2.10. The fraction of sp³-hybridized carbons (Fsp3) is 0.0769. The van der Waals surface area contributed by atoms with Gasteiger partial charge in [0.2, 0.25) is 5.95 Å². The molecule has 5 aromatic rings. The summed E-state index contributed by atoms with van der Waals surface area (Å²) in [5, 5.41) is 7.16. The van der Waals surface area contributed by atoms with Crippen molar-refractivity contribution in [2.45, 2.75) is 12.9 Å². The minimum atomic E-state index is -4.78. The first-order chi connectivity index (χ1) is 17.7. The van der Waals surface area contributed by atoms with Gasteiger partial charge >= 0.3 is 6.36 Å². The Morgan fingerprint density at radius 1 is 0.919 bits per heavy atom. The second kappa shape index (κ2) is 9.61. The normalized spacial score (nSPS) is 11.4. The Labute approximate surface area is 207 Å². The van der Waals surface area contributed by atoms with Gasteiger partial charge < -0.3 is 15.0 Å². The van der Waals surface area contributed by atoms with Crippen LogP contribution in [0.3, 0.4) is 0 Å². The number of imidazole rings is 1. The number of carbonyl (C=O) groups excluding carboxylic acids is 2. The molecule has 5 rings (SSSR count). The summed E-state index contributed by atoms with van der Waals surface area (Å²) >= 11 is 0. The van der Waals surface area contributed by atoms with Crippen LogP contribution in [0.5, 0.6) is 5.75 Å². The van der Waals surface area contributed by atoms with Crippen molar-refractivity contribution in [1.29, 1.82) is 0 Å². The first-order valence-corrected chi connectivity index (χ1v) is 11.0. The van der Waals surface area contributed by atoms with Crippen LogP contribution in [0.25, 0.3) is 21.8 Å². The zero-order valence-corrected chi connectivity index (χ0v) is 19.0. The number of nitrogens with one attached hydrogen (secondary N) is 3. The van der Waals surface area contributed by atoms with E-state index in [2.05, 4.69) is 30.3 Å². The zero-order chi connectivity index (χ0) is 26.0. The number of aromatic amines is 1. The SMILES string of the molecule is O=C(Nc1nc2c(C(=O)NCc3ccc(OC(F)(F)F)cc3)cccc2[nH]1)c1cc2ccccc2cn1. The van der Waals surface area contributed by atoms with E-state index in [1.807, 2.05) is 24.3 Å². The van der Waals surface area contributed by atoms with Gasteiger partial charge in [0.15, 0.2) is 0 Å². The number of nitrogens with zero attached hydrogens (tertiary/aromatic N) is 2. The minimum absolute atomic E-state index is 0.0726. The molecular weight excluding hydrogens is 487 g/mol. The van der Waals surface area contributed by atoms with Crippen molar-refractivity contribution >= 4 is 39.6 Å². The Morgan fingerprint density at radius 3 is 2.43 bits per heavy atom. The molecule has 0 saturated heterocycles. The number of benzene rings is 3. The van der Waals surface area contributed by atoms with Crippen LogP contribution >= 0.6 is 0 Å². The molecule has 11 heteroatoms. The van der Waals surface area contributed by atoms with Crippen LogP contribution < -0.4 is 15.4 Å². The minimum Gasteiger partial charge on any atom is -0.406 e. The van der Waals surface area contributed by atoms with E-state index >= 15 is 0 Å². The van der Waals surface area contributed by atoms with Gasteiger partial charge in [-0.3, -0.25) is 19.9 Å². The second-order valence-electron chi connectivity index (χ2n) is 8.03. The highest BCUT2D eigenvalue weighted by atomic mass is 19.4. The molecule has 0 fully saturated rings. The molecule has 0 saturated carbocycles. The summed E-state index contributed by atoms with van der Waals surface area (Å²) in [6.07, 6.45) is -3.16. The predicted molar refractivity (Wildman–Crippen MR) is 130 cm³/mol. The van der Waals surface area contributed by atoms with Gasteiger partial charge in [-0.15, -0.1) is 13.2 Å². The van der Waals surface area contributed by atoms with Crippen molar-refractivity contribution in [2.75, 3.05) is 5.32 Å². The molecule has 2 aromatic heterocycles. The van der Waals surface area contributed by atoms with Gasteiger partial charge in [-0.25, -0.2) is 4.98 Å². The number of hydrogen-bond donors (Lipinski definition) is 3. The van der Waals surface area contributed by atoms with Crippen LogP contribution in [0.4, 0.5) is 19.1 Å². The molecule has 0 aliphatic rings. The molecule has 0 aliphatic carbocycles. The van der Waals surface area contributed by atoms with Crippen molar-refractivity contribution in [1.82, 2.24) is 20.3 Å². The smallest absolute Gasteiger partial charge is 0.406 e. The number of halogens is 3. The van der Waals surface area contributed by atoms with E-state index in [0.717, 1.165) is 10.8 Å². The van der Waals surface area contributed by atoms with Crippen LogP contribution in [-0.2, 0) is 6.54 Å². The Morgan fingerprint density at radius 2 is 1.68 bits per heavy atom. The average molecular weight is 505 g/mol. The molecule has 0 bridgehead atoms. The first-order valence-electron chi connectivity index (χ1n) is 11.0. The van der Waals surface area contributed by atoms with Crippen molar-refractivity contribution in [3.63, 3.8) is 0 Å². The maximum absolute atomic E-state index is 12.8. The molecule has 0 spiro atoms. The lowest BCUT2D eigenvalue weighted by atomic mass is 10.1. The molecule has 3 aromatic carbocycles. The average Bonchev–Trinajstić information content (AvgIpc) is 3.29. The first kappa shape index (κ1) is 23.8. The Kier molecular flexibility index (Phi) is 6.18. The molecule has 2 amide bonds. The number of rotatable bonds is 6. The Hall–Kier alpha value is -4.93. The number of hydrogen-bond acceptors (Lipinski definition) is 5. The number of pyridine rings is 1. The summed E-state index contributed by atoms with van der Waals surface area (Å²) in [7, 11) is 0. The zero-order valence-electron chi connectivity index (χ0n) is 19.0. The highest BCUT2D eigenvalue weighted by Gasteiger charge is 2.31. The highest BCUT2D eigenvalue weighted by molar-refractivity contribution is 6.07. The molecule has 2 heterocycles. The lowest BCUT2D eigenvalue weighted by Crippen LogP contribution is -2.23. The number of aromatic nitrogens is 3. The van der Waals surface area contributed by atoms with Crippen LogP contribution in [0.1, 0.15) is 26.4 Å². The van der Waals surface area contributed by atoms with Gasteiger partial charge in [0, 0.05) is 18.1 Å². The summed E-state index contributed by atoms with van der Waals surface area (Å²) in [6.45, 7) is 0.0726. The number of amides is 2. The second-order valence-corrected chi connectivity index (χ2v) is 8.03. The molecule has 37 heavy (non-hydrogen) atoms. The lowest BCUT2D eigenvalue weighted by molar-refractivity contribution is -0.274. The molecule has 0 atom stereocenters. The van der Waals surface area contributed by atoms with Crippen molar-refractivity contribution in [3.05, 3.63) is 95.8 Å². The number of anilines is 1. The number of H-pyrrole nitrogens is 1. The van der Waals surface area contributed by atoms with Crippen LogP contribution in [0, 0.1) is 0 Å². The molecule has 186 valence electrons. The summed E-state index contributed by atoms with van der Waals surface area (Å²) in [6, 6.07) is 19.3. The van der Waals surface area contributed by atoms with Gasteiger partial charge in [-0.1, -0.05) is 42.5 Å². The molecule has 0 radical (unpaired) electrons. The molecule has 0 unspecified atom stereocenters. The third-order valence-electron chi connectivity index (χ3n) is 5.46. The van der Waals surface area contributed by atoms with E-state index in [1.54, 1.807) is 30.5 Å². The molecule has 0 aliphatic heterocycles. The maximum atomic E-state index is 12.8. The topological polar surface area (TPSA) is 109 Å². The van der Waals surface area contributed by atoms with Crippen LogP contribution in [-0.4, -0.2) is 33.1 Å². The highest BCUT2D eigenvalue weighted by Crippen LogP contribution is 2.23. The van der Waals surface area contributed by atoms with Crippen molar-refractivity contribution in [3.8, 4) is 5.75 Å². The van der Waals surface area contributed by atoms with Gasteiger partial charge in [0.25, 0.3) is 11.8 Å². The monoisotopic (exact) mass is 505 g/mol. The summed E-state index contributed by atoms with van der Waals surface area (Å²) in [5.74, 6) is -1.11.